The van der Waals surface area contributed by atoms with Gasteiger partial charge >= 0.3 is 0 Å². The fraction of sp³-hybridized carbons (Fsp3) is 0.235. The van der Waals surface area contributed by atoms with Crippen molar-refractivity contribution in [2.45, 2.75) is 25.8 Å². The van der Waals surface area contributed by atoms with Crippen LogP contribution in [0.5, 0.6) is 0 Å². The van der Waals surface area contributed by atoms with Crippen molar-refractivity contribution in [3.8, 4) is 0 Å². The van der Waals surface area contributed by atoms with Gasteiger partial charge in [0.25, 0.3) is 0 Å². The number of nitrogens with one attached hydrogen (secondary N) is 2. The van der Waals surface area contributed by atoms with Crippen LogP contribution in [0.25, 0.3) is 10.9 Å². The highest BCUT2D eigenvalue weighted by Gasteiger charge is 2.10. The summed E-state index contributed by atoms with van der Waals surface area (Å²) in [6, 6.07) is 17.3. The largest absolute Gasteiger partial charge is 0.380 e. The fourth-order valence-corrected chi connectivity index (χ4v) is 2.51. The van der Waals surface area contributed by atoms with Crippen molar-refractivity contribution >= 4 is 16.6 Å². The van der Waals surface area contributed by atoms with E-state index < -0.39 is 0 Å². The number of aromatic amines is 1. The lowest BCUT2D eigenvalue weighted by Crippen LogP contribution is -2.21. The standard InChI is InChI=1S/C17H19N3/c1-2-15(11-13-7-4-3-5-8-13)19-16-10-6-9-14-12-18-20-17(14)16/h3-10,12,15,19H,2,11H2,1H3,(H,18,20). The zero-order valence-electron chi connectivity index (χ0n) is 11.6. The van der Waals surface area contributed by atoms with Gasteiger partial charge in [0.1, 0.15) is 0 Å². The molecule has 2 aromatic carbocycles. The molecular formula is C17H19N3. The topological polar surface area (TPSA) is 40.7 Å². The maximum Gasteiger partial charge on any atom is 0.0881 e. The number of hydrogen-bond acceptors (Lipinski definition) is 2. The second kappa shape index (κ2) is 5.78. The lowest BCUT2D eigenvalue weighted by molar-refractivity contribution is 0.691. The molecule has 1 unspecified atom stereocenters. The molecule has 0 spiro atoms. The first-order valence-corrected chi connectivity index (χ1v) is 7.09. The number of rotatable bonds is 5. The minimum Gasteiger partial charge on any atom is -0.380 e. The molecule has 2 N–H and O–H groups in total. The predicted molar refractivity (Wildman–Crippen MR) is 83.9 cm³/mol. The number of nitrogens with zero attached hydrogens (tertiary/aromatic N) is 1. The third-order valence-corrected chi connectivity index (χ3v) is 3.65. The first-order chi connectivity index (χ1) is 9.86. The third kappa shape index (κ3) is 2.67. The molecule has 20 heavy (non-hydrogen) atoms. The molecule has 0 fully saturated rings. The van der Waals surface area contributed by atoms with Crippen LogP contribution in [0.4, 0.5) is 5.69 Å². The summed E-state index contributed by atoms with van der Waals surface area (Å²) in [7, 11) is 0. The van der Waals surface area contributed by atoms with Crippen LogP contribution in [-0.2, 0) is 6.42 Å². The summed E-state index contributed by atoms with van der Waals surface area (Å²) in [6.07, 6.45) is 3.97. The average Bonchev–Trinajstić information content (AvgIpc) is 2.97. The van der Waals surface area contributed by atoms with Crippen molar-refractivity contribution in [3.05, 3.63) is 60.3 Å². The molecule has 0 aliphatic rings. The summed E-state index contributed by atoms with van der Waals surface area (Å²) in [6.45, 7) is 2.22. The van der Waals surface area contributed by atoms with Crippen LogP contribution >= 0.6 is 0 Å². The van der Waals surface area contributed by atoms with Crippen molar-refractivity contribution in [1.82, 2.24) is 10.2 Å². The summed E-state index contributed by atoms with van der Waals surface area (Å²) in [5.41, 5.74) is 3.57. The Labute approximate surface area is 119 Å². The van der Waals surface area contributed by atoms with Gasteiger partial charge in [0.2, 0.25) is 0 Å². The zero-order chi connectivity index (χ0) is 13.8. The molecule has 0 bridgehead atoms. The highest BCUT2D eigenvalue weighted by Crippen LogP contribution is 2.22. The second-order valence-electron chi connectivity index (χ2n) is 5.08. The minimum atomic E-state index is 0.422. The van der Waals surface area contributed by atoms with Crippen LogP contribution in [0, 0.1) is 0 Å². The summed E-state index contributed by atoms with van der Waals surface area (Å²) in [5, 5.41) is 12.0. The van der Waals surface area contributed by atoms with Crippen molar-refractivity contribution in [2.75, 3.05) is 5.32 Å². The molecule has 0 aliphatic heterocycles. The molecule has 3 aromatic rings. The van der Waals surface area contributed by atoms with E-state index in [2.05, 4.69) is 71.0 Å². The minimum absolute atomic E-state index is 0.422. The lowest BCUT2D eigenvalue weighted by atomic mass is 10.0. The predicted octanol–water partition coefficient (Wildman–Crippen LogP) is 4.00. The van der Waals surface area contributed by atoms with Gasteiger partial charge in [0.15, 0.2) is 0 Å². The highest BCUT2D eigenvalue weighted by molar-refractivity contribution is 5.90. The van der Waals surface area contributed by atoms with Gasteiger partial charge in [-0.3, -0.25) is 5.10 Å². The van der Waals surface area contributed by atoms with Crippen LogP contribution in [0.2, 0.25) is 0 Å². The molecular weight excluding hydrogens is 246 g/mol. The smallest absolute Gasteiger partial charge is 0.0881 e. The number of aromatic nitrogens is 2. The average molecular weight is 265 g/mol. The number of H-pyrrole nitrogens is 1. The van der Waals surface area contributed by atoms with E-state index in [0.717, 1.165) is 29.4 Å². The van der Waals surface area contributed by atoms with E-state index >= 15 is 0 Å². The second-order valence-corrected chi connectivity index (χ2v) is 5.08. The number of hydrogen-bond donors (Lipinski definition) is 2. The maximum atomic E-state index is 4.11. The Morgan fingerprint density at radius 3 is 2.75 bits per heavy atom. The molecule has 0 aliphatic carbocycles. The van der Waals surface area contributed by atoms with E-state index in [1.165, 1.54) is 5.56 Å². The van der Waals surface area contributed by atoms with Gasteiger partial charge in [-0.25, -0.2) is 0 Å². The molecule has 0 saturated carbocycles. The quantitative estimate of drug-likeness (QED) is 0.732. The van der Waals surface area contributed by atoms with Gasteiger partial charge in [0, 0.05) is 11.4 Å². The Balaban J connectivity index is 1.79. The Morgan fingerprint density at radius 1 is 1.10 bits per heavy atom. The number of para-hydroxylation sites is 1. The van der Waals surface area contributed by atoms with Crippen molar-refractivity contribution < 1.29 is 0 Å². The zero-order valence-corrected chi connectivity index (χ0v) is 11.6. The van der Waals surface area contributed by atoms with Gasteiger partial charge in [-0.2, -0.15) is 5.10 Å². The maximum absolute atomic E-state index is 4.11. The fourth-order valence-electron chi connectivity index (χ4n) is 2.51. The first-order valence-electron chi connectivity index (χ1n) is 7.09. The monoisotopic (exact) mass is 265 g/mol. The molecule has 0 saturated heterocycles. The van der Waals surface area contributed by atoms with Crippen LogP contribution in [0.3, 0.4) is 0 Å². The van der Waals surface area contributed by atoms with Crippen molar-refractivity contribution in [1.29, 1.82) is 0 Å². The van der Waals surface area contributed by atoms with Crippen molar-refractivity contribution in [2.24, 2.45) is 0 Å². The molecule has 0 radical (unpaired) electrons. The normalized spacial score (nSPS) is 12.4. The summed E-state index contributed by atoms with van der Waals surface area (Å²) in [5.74, 6) is 0. The van der Waals surface area contributed by atoms with Gasteiger partial charge < -0.3 is 5.32 Å². The van der Waals surface area contributed by atoms with Crippen LogP contribution in [0.15, 0.2) is 54.7 Å². The molecule has 3 rings (SSSR count). The van der Waals surface area contributed by atoms with Crippen LogP contribution < -0.4 is 5.32 Å². The molecule has 102 valence electrons. The summed E-state index contributed by atoms with van der Waals surface area (Å²) < 4.78 is 0. The van der Waals surface area contributed by atoms with Crippen molar-refractivity contribution in [3.63, 3.8) is 0 Å². The molecule has 1 heterocycles. The van der Waals surface area contributed by atoms with E-state index in [4.69, 9.17) is 0 Å². The van der Waals surface area contributed by atoms with E-state index in [0.29, 0.717) is 6.04 Å². The number of anilines is 1. The summed E-state index contributed by atoms with van der Waals surface area (Å²) >= 11 is 0. The van der Waals surface area contributed by atoms with Gasteiger partial charge in [0.05, 0.1) is 17.4 Å². The van der Waals surface area contributed by atoms with E-state index in [-0.39, 0.29) is 0 Å². The Kier molecular flexibility index (Phi) is 3.68. The molecule has 1 aromatic heterocycles. The lowest BCUT2D eigenvalue weighted by Gasteiger charge is -2.19. The number of benzene rings is 2. The Morgan fingerprint density at radius 2 is 1.95 bits per heavy atom. The van der Waals surface area contributed by atoms with Crippen LogP contribution in [0.1, 0.15) is 18.9 Å². The molecule has 3 heteroatoms. The molecule has 1 atom stereocenters. The number of fused-ring (bicyclic) bond motifs is 1. The third-order valence-electron chi connectivity index (χ3n) is 3.65. The van der Waals surface area contributed by atoms with E-state index in [1.807, 2.05) is 6.20 Å². The Bertz CT molecular complexity index is 673. The van der Waals surface area contributed by atoms with E-state index in [1.54, 1.807) is 0 Å². The first kappa shape index (κ1) is 12.7. The van der Waals surface area contributed by atoms with E-state index in [9.17, 15) is 0 Å². The van der Waals surface area contributed by atoms with Gasteiger partial charge in [-0.05, 0) is 24.5 Å². The van der Waals surface area contributed by atoms with Gasteiger partial charge in [-0.1, -0.05) is 49.4 Å². The Hall–Kier alpha value is -2.29. The molecule has 0 amide bonds. The SMILES string of the molecule is CCC(Cc1ccccc1)Nc1cccc2cn[nH]c12. The van der Waals surface area contributed by atoms with Gasteiger partial charge in [-0.15, -0.1) is 0 Å². The highest BCUT2D eigenvalue weighted by atomic mass is 15.1. The molecule has 3 nitrogen and oxygen atoms in total. The summed E-state index contributed by atoms with van der Waals surface area (Å²) in [4.78, 5) is 0. The van der Waals surface area contributed by atoms with Crippen LogP contribution in [-0.4, -0.2) is 16.2 Å².